The lowest BCUT2D eigenvalue weighted by molar-refractivity contribution is -0.385. The largest absolute Gasteiger partial charge is 0.370 e. The molecule has 7 heteroatoms. The fraction of sp³-hybridized carbons (Fsp3) is 0.250. The zero-order chi connectivity index (χ0) is 11.4. The van der Waals surface area contributed by atoms with Crippen LogP contribution in [0.15, 0.2) is 12.3 Å². The van der Waals surface area contributed by atoms with Crippen LogP contribution in [0.4, 0.5) is 11.5 Å². The molecule has 0 saturated carbocycles. The molecule has 0 aliphatic heterocycles. The first-order valence-corrected chi connectivity index (χ1v) is 4.24. The highest BCUT2D eigenvalue weighted by molar-refractivity contribution is 5.97. The van der Waals surface area contributed by atoms with Crippen LogP contribution in [0.1, 0.15) is 17.3 Å². The number of pyridine rings is 1. The van der Waals surface area contributed by atoms with E-state index in [9.17, 15) is 14.9 Å². The average molecular weight is 210 g/mol. The molecule has 0 aliphatic carbocycles. The predicted molar refractivity (Wildman–Crippen MR) is 53.6 cm³/mol. The van der Waals surface area contributed by atoms with Gasteiger partial charge in [-0.3, -0.25) is 14.9 Å². The highest BCUT2D eigenvalue weighted by Crippen LogP contribution is 2.19. The first kappa shape index (κ1) is 10.9. The van der Waals surface area contributed by atoms with Crippen LogP contribution in [0.5, 0.6) is 0 Å². The molecule has 3 N–H and O–H groups in total. The SMILES string of the molecule is CCNc1cc(C(N)=O)c([N+](=O)[O-])cn1. The van der Waals surface area contributed by atoms with E-state index in [-0.39, 0.29) is 11.3 Å². The van der Waals surface area contributed by atoms with Gasteiger partial charge in [0.2, 0.25) is 0 Å². The summed E-state index contributed by atoms with van der Waals surface area (Å²) in [5.41, 5.74) is 4.49. The van der Waals surface area contributed by atoms with Crippen molar-refractivity contribution in [1.29, 1.82) is 0 Å². The van der Waals surface area contributed by atoms with E-state index in [4.69, 9.17) is 5.73 Å². The van der Waals surface area contributed by atoms with Gasteiger partial charge >= 0.3 is 0 Å². The van der Waals surface area contributed by atoms with E-state index in [0.717, 1.165) is 6.20 Å². The molecule has 1 amide bonds. The van der Waals surface area contributed by atoms with E-state index in [2.05, 4.69) is 10.3 Å². The number of hydrogen-bond acceptors (Lipinski definition) is 5. The zero-order valence-corrected chi connectivity index (χ0v) is 8.06. The number of primary amides is 1. The number of nitrogens with one attached hydrogen (secondary N) is 1. The smallest absolute Gasteiger partial charge is 0.300 e. The highest BCUT2D eigenvalue weighted by atomic mass is 16.6. The Morgan fingerprint density at radius 2 is 2.40 bits per heavy atom. The number of aromatic nitrogens is 1. The normalized spacial score (nSPS) is 9.67. The molecule has 1 heterocycles. The minimum Gasteiger partial charge on any atom is -0.370 e. The molecule has 80 valence electrons. The lowest BCUT2D eigenvalue weighted by Gasteiger charge is -2.03. The Bertz CT molecular complexity index is 405. The number of amides is 1. The maximum absolute atomic E-state index is 10.9. The number of anilines is 1. The third kappa shape index (κ3) is 2.39. The number of nitro groups is 1. The Labute approximate surface area is 85.5 Å². The predicted octanol–water partition coefficient (Wildman–Crippen LogP) is 0.520. The first-order valence-electron chi connectivity index (χ1n) is 4.24. The zero-order valence-electron chi connectivity index (χ0n) is 8.06. The van der Waals surface area contributed by atoms with E-state index in [0.29, 0.717) is 12.4 Å². The van der Waals surface area contributed by atoms with Crippen molar-refractivity contribution in [3.8, 4) is 0 Å². The molecule has 0 spiro atoms. The molecule has 1 rings (SSSR count). The number of nitrogens with zero attached hydrogens (tertiary/aromatic N) is 2. The van der Waals surface area contributed by atoms with Gasteiger partial charge in [-0.1, -0.05) is 0 Å². The molecule has 0 aromatic carbocycles. The molecule has 0 atom stereocenters. The Morgan fingerprint density at radius 3 is 2.87 bits per heavy atom. The summed E-state index contributed by atoms with van der Waals surface area (Å²) in [5, 5.41) is 13.4. The molecule has 0 radical (unpaired) electrons. The summed E-state index contributed by atoms with van der Waals surface area (Å²) in [7, 11) is 0. The van der Waals surface area contributed by atoms with E-state index >= 15 is 0 Å². The summed E-state index contributed by atoms with van der Waals surface area (Å²) in [5.74, 6) is -0.458. The Kier molecular flexibility index (Phi) is 3.17. The summed E-state index contributed by atoms with van der Waals surface area (Å²) >= 11 is 0. The van der Waals surface area contributed by atoms with Crippen LogP contribution in [0.3, 0.4) is 0 Å². The van der Waals surface area contributed by atoms with Gasteiger partial charge in [0.05, 0.1) is 4.92 Å². The number of hydrogen-bond donors (Lipinski definition) is 2. The molecule has 1 aromatic rings. The standard InChI is InChI=1S/C8H10N4O3/c1-2-10-7-3-5(8(9)13)6(4-11-7)12(14)15/h3-4H,2H2,1H3,(H2,9,13)(H,10,11). The van der Waals surface area contributed by atoms with E-state index in [1.165, 1.54) is 6.07 Å². The maximum Gasteiger partial charge on any atom is 0.300 e. The van der Waals surface area contributed by atoms with Gasteiger partial charge in [0.15, 0.2) is 0 Å². The van der Waals surface area contributed by atoms with Gasteiger partial charge in [-0.25, -0.2) is 4.98 Å². The van der Waals surface area contributed by atoms with Gasteiger partial charge in [-0.05, 0) is 6.92 Å². The molecule has 0 unspecified atom stereocenters. The maximum atomic E-state index is 10.9. The topological polar surface area (TPSA) is 111 Å². The van der Waals surface area contributed by atoms with Crippen molar-refractivity contribution < 1.29 is 9.72 Å². The van der Waals surface area contributed by atoms with Gasteiger partial charge in [-0.2, -0.15) is 0 Å². The summed E-state index contributed by atoms with van der Waals surface area (Å²) in [4.78, 5) is 24.6. The van der Waals surface area contributed by atoms with Crippen LogP contribution in [0.2, 0.25) is 0 Å². The van der Waals surface area contributed by atoms with Crippen LogP contribution < -0.4 is 11.1 Å². The molecule has 15 heavy (non-hydrogen) atoms. The van der Waals surface area contributed by atoms with E-state index in [1.807, 2.05) is 6.92 Å². The minimum absolute atomic E-state index is 0.147. The van der Waals surface area contributed by atoms with Crippen LogP contribution >= 0.6 is 0 Å². The third-order valence-corrected chi connectivity index (χ3v) is 1.70. The Hall–Kier alpha value is -2.18. The monoisotopic (exact) mass is 210 g/mol. The van der Waals surface area contributed by atoms with Crippen molar-refractivity contribution in [1.82, 2.24) is 4.98 Å². The van der Waals surface area contributed by atoms with Crippen LogP contribution in [-0.2, 0) is 0 Å². The van der Waals surface area contributed by atoms with Crippen molar-refractivity contribution >= 4 is 17.4 Å². The summed E-state index contributed by atoms with van der Waals surface area (Å²) in [6, 6.07) is 1.27. The van der Waals surface area contributed by atoms with Crippen molar-refractivity contribution in [2.75, 3.05) is 11.9 Å². The number of carbonyl (C=O) groups excluding carboxylic acids is 1. The van der Waals surface area contributed by atoms with Gasteiger partial charge in [0.25, 0.3) is 11.6 Å². The van der Waals surface area contributed by atoms with Crippen LogP contribution in [-0.4, -0.2) is 22.4 Å². The molecule has 0 bridgehead atoms. The fourth-order valence-electron chi connectivity index (χ4n) is 1.07. The van der Waals surface area contributed by atoms with Gasteiger partial charge in [0, 0.05) is 12.6 Å². The second-order valence-corrected chi connectivity index (χ2v) is 2.74. The van der Waals surface area contributed by atoms with E-state index < -0.39 is 10.8 Å². The second-order valence-electron chi connectivity index (χ2n) is 2.74. The first-order chi connectivity index (χ1) is 7.06. The van der Waals surface area contributed by atoms with Crippen molar-refractivity contribution in [3.63, 3.8) is 0 Å². The lowest BCUT2D eigenvalue weighted by Crippen LogP contribution is -2.14. The Morgan fingerprint density at radius 1 is 1.73 bits per heavy atom. The third-order valence-electron chi connectivity index (χ3n) is 1.70. The molecule has 0 aliphatic rings. The van der Waals surface area contributed by atoms with E-state index in [1.54, 1.807) is 0 Å². The average Bonchev–Trinajstić information content (AvgIpc) is 2.17. The lowest BCUT2D eigenvalue weighted by atomic mass is 10.2. The number of carbonyl (C=O) groups is 1. The van der Waals surface area contributed by atoms with Gasteiger partial charge in [-0.15, -0.1) is 0 Å². The van der Waals surface area contributed by atoms with Gasteiger partial charge < -0.3 is 11.1 Å². The van der Waals surface area contributed by atoms with Crippen molar-refractivity contribution in [3.05, 3.63) is 27.9 Å². The van der Waals surface area contributed by atoms with Crippen molar-refractivity contribution in [2.24, 2.45) is 5.73 Å². The molecule has 7 nitrogen and oxygen atoms in total. The summed E-state index contributed by atoms with van der Waals surface area (Å²) in [6.07, 6.45) is 1.01. The molecule has 0 saturated heterocycles. The van der Waals surface area contributed by atoms with Crippen LogP contribution in [0, 0.1) is 10.1 Å². The second kappa shape index (κ2) is 4.36. The summed E-state index contributed by atoms with van der Waals surface area (Å²) in [6.45, 7) is 2.44. The van der Waals surface area contributed by atoms with Gasteiger partial charge in [0.1, 0.15) is 17.6 Å². The quantitative estimate of drug-likeness (QED) is 0.555. The molecular weight excluding hydrogens is 200 g/mol. The molecular formula is C8H10N4O3. The fourth-order valence-corrected chi connectivity index (χ4v) is 1.07. The Balaban J connectivity index is 3.21. The van der Waals surface area contributed by atoms with Crippen molar-refractivity contribution in [2.45, 2.75) is 6.92 Å². The number of nitrogens with two attached hydrogens (primary N) is 1. The minimum atomic E-state index is -0.844. The number of rotatable bonds is 4. The molecule has 1 aromatic heterocycles. The summed E-state index contributed by atoms with van der Waals surface area (Å²) < 4.78 is 0. The molecule has 0 fully saturated rings. The highest BCUT2D eigenvalue weighted by Gasteiger charge is 2.19. The van der Waals surface area contributed by atoms with Crippen LogP contribution in [0.25, 0.3) is 0 Å².